The molecule has 4 aromatic rings. The number of esters is 1. The highest BCUT2D eigenvalue weighted by molar-refractivity contribution is 5.89. The van der Waals surface area contributed by atoms with E-state index < -0.39 is 17.2 Å². The van der Waals surface area contributed by atoms with Crippen molar-refractivity contribution in [1.82, 2.24) is 18.7 Å². The predicted octanol–water partition coefficient (Wildman–Crippen LogP) is 2.68. The fraction of sp³-hybridized carbons (Fsp3) is 0.167. The minimum Gasteiger partial charge on any atom is -0.465 e. The molecule has 2 heterocycles. The Kier molecular flexibility index (Phi) is 5.59. The fourth-order valence-electron chi connectivity index (χ4n) is 3.68. The number of hydrogen-bond acceptors (Lipinski definition) is 5. The van der Waals surface area contributed by atoms with Crippen molar-refractivity contribution < 1.29 is 9.53 Å². The number of imidazole rings is 1. The SMILES string of the molecule is C=CCn1c(=O)c2c(ncn2Cc2ccc(C(=O)OC)cc2)n(-c2ccccc2C)c1=O. The van der Waals surface area contributed by atoms with Crippen LogP contribution >= 0.6 is 0 Å². The largest absolute Gasteiger partial charge is 0.465 e. The molecule has 0 aliphatic heterocycles. The molecule has 0 fully saturated rings. The highest BCUT2D eigenvalue weighted by atomic mass is 16.5. The van der Waals surface area contributed by atoms with Gasteiger partial charge in [0.15, 0.2) is 11.2 Å². The molecule has 0 bridgehead atoms. The van der Waals surface area contributed by atoms with E-state index in [0.717, 1.165) is 15.7 Å². The lowest BCUT2D eigenvalue weighted by atomic mass is 10.1. The van der Waals surface area contributed by atoms with Crippen LogP contribution in [-0.4, -0.2) is 31.8 Å². The van der Waals surface area contributed by atoms with E-state index in [1.807, 2.05) is 31.2 Å². The normalized spacial score (nSPS) is 10.9. The maximum atomic E-state index is 13.2. The van der Waals surface area contributed by atoms with Crippen molar-refractivity contribution in [3.05, 3.63) is 105 Å². The van der Waals surface area contributed by atoms with Gasteiger partial charge in [-0.1, -0.05) is 36.4 Å². The van der Waals surface area contributed by atoms with Crippen molar-refractivity contribution in [2.75, 3.05) is 7.11 Å². The highest BCUT2D eigenvalue weighted by Gasteiger charge is 2.19. The Labute approximate surface area is 183 Å². The number of carbonyl (C=O) groups is 1. The van der Waals surface area contributed by atoms with Crippen molar-refractivity contribution >= 4 is 17.1 Å². The standard InChI is InChI=1S/C24H22N4O4/c1-4-13-27-22(29)20-21(28(24(27)31)19-8-6-5-7-16(19)2)25-15-26(20)14-17-9-11-18(12-10-17)23(30)32-3/h4-12,15H,1,13-14H2,2-3H3. The van der Waals surface area contributed by atoms with E-state index in [0.29, 0.717) is 29.0 Å². The van der Waals surface area contributed by atoms with E-state index in [-0.39, 0.29) is 6.54 Å². The molecule has 2 aromatic carbocycles. The lowest BCUT2D eigenvalue weighted by molar-refractivity contribution is 0.0600. The van der Waals surface area contributed by atoms with Crippen LogP contribution < -0.4 is 11.2 Å². The molecule has 4 rings (SSSR count). The third kappa shape index (κ3) is 3.56. The predicted molar refractivity (Wildman–Crippen MR) is 121 cm³/mol. The summed E-state index contributed by atoms with van der Waals surface area (Å²) in [5.74, 6) is -0.417. The van der Waals surface area contributed by atoms with Gasteiger partial charge in [-0.3, -0.25) is 9.36 Å². The molecule has 0 saturated carbocycles. The van der Waals surface area contributed by atoms with Crippen molar-refractivity contribution in [2.24, 2.45) is 0 Å². The molecule has 0 unspecified atom stereocenters. The first-order valence-electron chi connectivity index (χ1n) is 10.0. The summed E-state index contributed by atoms with van der Waals surface area (Å²) in [7, 11) is 1.33. The molecule has 32 heavy (non-hydrogen) atoms. The first-order valence-corrected chi connectivity index (χ1v) is 10.0. The van der Waals surface area contributed by atoms with Gasteiger partial charge in [0.1, 0.15) is 0 Å². The second-order valence-electron chi connectivity index (χ2n) is 7.34. The Balaban J connectivity index is 1.90. The summed E-state index contributed by atoms with van der Waals surface area (Å²) in [6.07, 6.45) is 3.07. The minimum absolute atomic E-state index is 0.0818. The van der Waals surface area contributed by atoms with Gasteiger partial charge < -0.3 is 9.30 Å². The van der Waals surface area contributed by atoms with Gasteiger partial charge in [0.2, 0.25) is 0 Å². The number of aryl methyl sites for hydroxylation is 1. The highest BCUT2D eigenvalue weighted by Crippen LogP contribution is 2.17. The zero-order valence-electron chi connectivity index (χ0n) is 17.8. The number of hydrogen-bond donors (Lipinski definition) is 0. The summed E-state index contributed by atoms with van der Waals surface area (Å²) in [6.45, 7) is 6.00. The Morgan fingerprint density at radius 2 is 1.84 bits per heavy atom. The summed E-state index contributed by atoms with van der Waals surface area (Å²) in [4.78, 5) is 42.6. The lowest BCUT2D eigenvalue weighted by Gasteiger charge is -2.13. The average Bonchev–Trinajstić information content (AvgIpc) is 3.21. The second kappa shape index (κ2) is 8.50. The number of nitrogens with zero attached hydrogens (tertiary/aromatic N) is 4. The van der Waals surface area contributed by atoms with Gasteiger partial charge in [-0.15, -0.1) is 6.58 Å². The van der Waals surface area contributed by atoms with Gasteiger partial charge in [-0.2, -0.15) is 0 Å². The van der Waals surface area contributed by atoms with E-state index in [2.05, 4.69) is 11.6 Å². The van der Waals surface area contributed by atoms with E-state index in [4.69, 9.17) is 4.74 Å². The van der Waals surface area contributed by atoms with E-state index in [1.165, 1.54) is 17.8 Å². The molecule has 8 heteroatoms. The summed E-state index contributed by atoms with van der Waals surface area (Å²) >= 11 is 0. The van der Waals surface area contributed by atoms with Crippen molar-refractivity contribution in [3.63, 3.8) is 0 Å². The Morgan fingerprint density at radius 3 is 2.50 bits per heavy atom. The zero-order chi connectivity index (χ0) is 22.8. The number of ether oxygens (including phenoxy) is 1. The van der Waals surface area contributed by atoms with Crippen LogP contribution in [0.5, 0.6) is 0 Å². The van der Waals surface area contributed by atoms with Crippen LogP contribution in [0.15, 0.2) is 77.1 Å². The van der Waals surface area contributed by atoms with Gasteiger partial charge in [0, 0.05) is 13.1 Å². The Hall–Kier alpha value is -4.20. The first kappa shape index (κ1) is 21.0. The van der Waals surface area contributed by atoms with Gasteiger partial charge in [-0.05, 0) is 36.2 Å². The topological polar surface area (TPSA) is 88.1 Å². The molecule has 0 saturated heterocycles. The molecule has 0 radical (unpaired) electrons. The first-order chi connectivity index (χ1) is 15.5. The second-order valence-corrected chi connectivity index (χ2v) is 7.34. The molecule has 0 N–H and O–H groups in total. The molecule has 8 nitrogen and oxygen atoms in total. The number of aromatic nitrogens is 4. The quantitative estimate of drug-likeness (QED) is 0.347. The summed E-state index contributed by atoms with van der Waals surface area (Å²) in [5.41, 5.74) is 2.55. The average molecular weight is 430 g/mol. The molecule has 0 aliphatic carbocycles. The number of carbonyl (C=O) groups excluding carboxylic acids is 1. The summed E-state index contributed by atoms with van der Waals surface area (Å²) in [6, 6.07) is 14.4. The maximum absolute atomic E-state index is 13.2. The van der Waals surface area contributed by atoms with Crippen molar-refractivity contribution in [2.45, 2.75) is 20.0 Å². The van der Waals surface area contributed by atoms with Gasteiger partial charge in [-0.25, -0.2) is 19.1 Å². The summed E-state index contributed by atoms with van der Waals surface area (Å²) in [5, 5.41) is 0. The van der Waals surface area contributed by atoms with Crippen LogP contribution in [0.4, 0.5) is 0 Å². The third-order valence-electron chi connectivity index (χ3n) is 5.30. The molecule has 0 amide bonds. The van der Waals surface area contributed by atoms with Gasteiger partial charge >= 0.3 is 11.7 Å². The number of para-hydroxylation sites is 1. The van der Waals surface area contributed by atoms with Crippen LogP contribution in [-0.2, 0) is 17.8 Å². The van der Waals surface area contributed by atoms with Gasteiger partial charge in [0.05, 0.1) is 24.7 Å². The Morgan fingerprint density at radius 1 is 1.12 bits per heavy atom. The number of methoxy groups -OCH3 is 1. The van der Waals surface area contributed by atoms with E-state index in [1.54, 1.807) is 35.2 Å². The molecular weight excluding hydrogens is 408 g/mol. The number of allylic oxidation sites excluding steroid dienone is 1. The fourth-order valence-corrected chi connectivity index (χ4v) is 3.68. The molecule has 0 spiro atoms. The number of benzene rings is 2. The monoisotopic (exact) mass is 430 g/mol. The van der Waals surface area contributed by atoms with Crippen molar-refractivity contribution in [1.29, 1.82) is 0 Å². The van der Waals surface area contributed by atoms with Crippen LogP contribution in [0.25, 0.3) is 16.9 Å². The van der Waals surface area contributed by atoms with E-state index in [9.17, 15) is 14.4 Å². The van der Waals surface area contributed by atoms with Gasteiger partial charge in [0.25, 0.3) is 5.56 Å². The molecule has 162 valence electrons. The maximum Gasteiger partial charge on any atom is 0.337 e. The molecular formula is C24H22N4O4. The molecule has 0 atom stereocenters. The minimum atomic E-state index is -0.468. The van der Waals surface area contributed by atoms with Crippen LogP contribution in [0, 0.1) is 6.92 Å². The zero-order valence-corrected chi connectivity index (χ0v) is 17.8. The Bertz CT molecular complexity index is 1440. The number of fused-ring (bicyclic) bond motifs is 1. The van der Waals surface area contributed by atoms with Crippen molar-refractivity contribution in [3.8, 4) is 5.69 Å². The molecule has 0 aliphatic rings. The smallest absolute Gasteiger partial charge is 0.337 e. The van der Waals surface area contributed by atoms with Crippen LogP contribution in [0.3, 0.4) is 0 Å². The van der Waals surface area contributed by atoms with E-state index >= 15 is 0 Å². The summed E-state index contributed by atoms with van der Waals surface area (Å²) < 4.78 is 9.05. The van der Waals surface area contributed by atoms with Crippen LogP contribution in [0.2, 0.25) is 0 Å². The third-order valence-corrected chi connectivity index (χ3v) is 5.30. The van der Waals surface area contributed by atoms with Crippen LogP contribution in [0.1, 0.15) is 21.5 Å². The number of rotatable bonds is 6. The lowest BCUT2D eigenvalue weighted by Crippen LogP contribution is -2.40. The molecule has 2 aromatic heterocycles.